The van der Waals surface area contributed by atoms with Crippen LogP contribution in [0.4, 0.5) is 8.78 Å². The number of nitrogens with zero attached hydrogens (tertiary/aromatic N) is 4. The lowest BCUT2D eigenvalue weighted by Gasteiger charge is -2.17. The van der Waals surface area contributed by atoms with Crippen molar-refractivity contribution in [2.45, 2.75) is 20.0 Å². The van der Waals surface area contributed by atoms with E-state index < -0.39 is 11.6 Å². The van der Waals surface area contributed by atoms with E-state index in [4.69, 9.17) is 0 Å². The largest absolute Gasteiger partial charge is 0.328 e. The smallest absolute Gasteiger partial charge is 0.256 e. The second-order valence-corrected chi connectivity index (χ2v) is 7.63. The summed E-state index contributed by atoms with van der Waals surface area (Å²) in [6.07, 6.45) is 3.51. The van der Waals surface area contributed by atoms with Gasteiger partial charge < -0.3 is 4.90 Å². The van der Waals surface area contributed by atoms with Gasteiger partial charge in [0.2, 0.25) is 0 Å². The monoisotopic (exact) mass is 404 g/mol. The van der Waals surface area contributed by atoms with E-state index in [0.717, 1.165) is 16.5 Å². The number of rotatable bonds is 3. The van der Waals surface area contributed by atoms with Crippen molar-refractivity contribution in [2.24, 2.45) is 7.05 Å². The summed E-state index contributed by atoms with van der Waals surface area (Å²) in [6, 6.07) is 9.87. The van der Waals surface area contributed by atoms with Crippen molar-refractivity contribution < 1.29 is 13.6 Å². The van der Waals surface area contributed by atoms with E-state index in [9.17, 15) is 13.6 Å². The fourth-order valence-corrected chi connectivity index (χ4v) is 3.97. The van der Waals surface area contributed by atoms with Crippen LogP contribution in [0.3, 0.4) is 0 Å². The number of carbonyl (C=O) groups excluding carboxylic acids is 1. The highest BCUT2D eigenvalue weighted by molar-refractivity contribution is 5.98. The Balaban J connectivity index is 1.49. The zero-order chi connectivity index (χ0) is 21.0. The van der Waals surface area contributed by atoms with E-state index in [2.05, 4.69) is 10.1 Å². The molecule has 150 valence electrons. The lowest BCUT2D eigenvalue weighted by atomic mass is 9.99. The van der Waals surface area contributed by atoms with Gasteiger partial charge >= 0.3 is 0 Å². The minimum atomic E-state index is -0.682. The summed E-state index contributed by atoms with van der Waals surface area (Å²) >= 11 is 0. The Hall–Kier alpha value is -3.61. The maximum Gasteiger partial charge on any atom is 0.256 e. The van der Waals surface area contributed by atoms with Gasteiger partial charge in [0.25, 0.3) is 5.91 Å². The summed E-state index contributed by atoms with van der Waals surface area (Å²) in [6.45, 7) is 1.94. The van der Waals surface area contributed by atoms with Crippen molar-refractivity contribution >= 4 is 16.8 Å². The summed E-state index contributed by atoms with van der Waals surface area (Å²) in [5.41, 5.74) is 3.75. The van der Waals surface area contributed by atoms with E-state index in [-0.39, 0.29) is 24.6 Å². The van der Waals surface area contributed by atoms with Crippen molar-refractivity contribution in [1.29, 1.82) is 0 Å². The van der Waals surface area contributed by atoms with Crippen LogP contribution in [-0.4, -0.2) is 25.6 Å². The standard InChI is InChI=1S/C23H18F2N4O/c1-13-6-16-22(26-9-13)12-29(23(16)30)11-18-19(24)7-14(8-20(18)25)15-4-3-5-21-17(15)10-28(2)27-21/h3-10H,11-12H2,1-2H3. The molecule has 0 spiro atoms. The molecule has 30 heavy (non-hydrogen) atoms. The Bertz CT molecular complexity index is 1310. The van der Waals surface area contributed by atoms with Crippen molar-refractivity contribution in [3.05, 3.63) is 82.8 Å². The molecule has 0 fully saturated rings. The molecular weight excluding hydrogens is 386 g/mol. The van der Waals surface area contributed by atoms with Crippen molar-refractivity contribution in [2.75, 3.05) is 0 Å². The second-order valence-electron chi connectivity index (χ2n) is 7.63. The van der Waals surface area contributed by atoms with Gasteiger partial charge in [-0.25, -0.2) is 8.78 Å². The molecule has 0 unspecified atom stereocenters. The first kappa shape index (κ1) is 18.4. The van der Waals surface area contributed by atoms with Gasteiger partial charge in [-0.3, -0.25) is 14.5 Å². The average Bonchev–Trinajstić information content (AvgIpc) is 3.23. The molecule has 4 aromatic rings. The molecule has 0 bridgehead atoms. The number of aromatic nitrogens is 3. The van der Waals surface area contributed by atoms with E-state index in [1.165, 1.54) is 17.0 Å². The number of carbonyl (C=O) groups is 1. The summed E-state index contributed by atoms with van der Waals surface area (Å²) < 4.78 is 31.6. The third-order valence-electron chi connectivity index (χ3n) is 5.43. The van der Waals surface area contributed by atoms with Crippen LogP contribution in [0.2, 0.25) is 0 Å². The number of hydrogen-bond acceptors (Lipinski definition) is 3. The number of pyridine rings is 1. The van der Waals surface area contributed by atoms with Gasteiger partial charge in [-0.05, 0) is 47.9 Å². The van der Waals surface area contributed by atoms with Crippen LogP contribution in [0.25, 0.3) is 22.0 Å². The highest BCUT2D eigenvalue weighted by atomic mass is 19.1. The van der Waals surface area contributed by atoms with E-state index in [1.807, 2.05) is 31.3 Å². The summed E-state index contributed by atoms with van der Waals surface area (Å²) in [5, 5.41) is 5.16. The lowest BCUT2D eigenvalue weighted by molar-refractivity contribution is 0.0763. The number of aryl methyl sites for hydroxylation is 2. The van der Waals surface area contributed by atoms with Crippen LogP contribution >= 0.6 is 0 Å². The Morgan fingerprint density at radius 1 is 1.10 bits per heavy atom. The zero-order valence-corrected chi connectivity index (χ0v) is 16.5. The van der Waals surface area contributed by atoms with Gasteiger partial charge in [-0.15, -0.1) is 0 Å². The molecule has 2 aromatic carbocycles. The maximum absolute atomic E-state index is 15.0. The number of halogens is 2. The number of benzene rings is 2. The quantitative estimate of drug-likeness (QED) is 0.509. The van der Waals surface area contributed by atoms with Crippen LogP contribution in [-0.2, 0) is 20.1 Å². The molecule has 0 atom stereocenters. The molecule has 1 amide bonds. The normalized spacial score (nSPS) is 13.3. The topological polar surface area (TPSA) is 51.0 Å². The highest BCUT2D eigenvalue weighted by Crippen LogP contribution is 2.32. The van der Waals surface area contributed by atoms with Crippen LogP contribution < -0.4 is 0 Å². The number of amides is 1. The fourth-order valence-electron chi connectivity index (χ4n) is 3.97. The second kappa shape index (κ2) is 6.73. The first-order valence-electron chi connectivity index (χ1n) is 9.56. The van der Waals surface area contributed by atoms with Crippen LogP contribution in [0.15, 0.2) is 48.8 Å². The van der Waals surface area contributed by atoms with Crippen LogP contribution in [0.1, 0.15) is 27.2 Å². The molecule has 0 saturated heterocycles. The summed E-state index contributed by atoms with van der Waals surface area (Å²) in [4.78, 5) is 18.3. The highest BCUT2D eigenvalue weighted by Gasteiger charge is 2.30. The molecule has 0 saturated carbocycles. The molecule has 0 aliphatic carbocycles. The van der Waals surface area contributed by atoms with Gasteiger partial charge in [0, 0.05) is 30.4 Å². The predicted molar refractivity (Wildman–Crippen MR) is 109 cm³/mol. The van der Waals surface area contributed by atoms with Crippen molar-refractivity contribution in [3.8, 4) is 11.1 Å². The fraction of sp³-hybridized carbons (Fsp3) is 0.174. The molecule has 5 nitrogen and oxygen atoms in total. The van der Waals surface area contributed by atoms with Crippen LogP contribution in [0.5, 0.6) is 0 Å². The van der Waals surface area contributed by atoms with Crippen LogP contribution in [0, 0.1) is 18.6 Å². The summed E-state index contributed by atoms with van der Waals surface area (Å²) in [5.74, 6) is -1.62. The molecule has 0 radical (unpaired) electrons. The van der Waals surface area contributed by atoms with Gasteiger partial charge in [-0.2, -0.15) is 5.10 Å². The van der Waals surface area contributed by atoms with Crippen molar-refractivity contribution in [1.82, 2.24) is 19.7 Å². The van der Waals surface area contributed by atoms with Gasteiger partial charge in [0.05, 0.1) is 29.9 Å². The minimum Gasteiger partial charge on any atom is -0.328 e. The average molecular weight is 404 g/mol. The molecule has 7 heteroatoms. The third kappa shape index (κ3) is 2.94. The van der Waals surface area contributed by atoms with Crippen molar-refractivity contribution in [3.63, 3.8) is 0 Å². The SMILES string of the molecule is Cc1cnc2c(c1)C(=O)N(Cc1c(F)cc(-c3cccc4nn(C)cc34)cc1F)C2. The number of hydrogen-bond donors (Lipinski definition) is 0. The molecule has 2 aromatic heterocycles. The Morgan fingerprint density at radius 3 is 2.63 bits per heavy atom. The predicted octanol–water partition coefficient (Wildman–Crippen LogP) is 4.38. The number of fused-ring (bicyclic) bond motifs is 2. The first-order chi connectivity index (χ1) is 14.4. The third-order valence-corrected chi connectivity index (χ3v) is 5.43. The molecule has 1 aliphatic rings. The molecule has 3 heterocycles. The first-order valence-corrected chi connectivity index (χ1v) is 9.56. The van der Waals surface area contributed by atoms with E-state index >= 15 is 0 Å². The van der Waals surface area contributed by atoms with E-state index in [0.29, 0.717) is 22.4 Å². The Kier molecular flexibility index (Phi) is 4.13. The Morgan fingerprint density at radius 2 is 1.87 bits per heavy atom. The zero-order valence-electron chi connectivity index (χ0n) is 16.5. The Labute approximate surface area is 171 Å². The molecule has 0 N–H and O–H groups in total. The molecule has 5 rings (SSSR count). The minimum absolute atomic E-state index is 0.130. The van der Waals surface area contributed by atoms with Gasteiger partial charge in [0.15, 0.2) is 0 Å². The lowest BCUT2D eigenvalue weighted by Crippen LogP contribution is -2.24. The van der Waals surface area contributed by atoms with Gasteiger partial charge in [-0.1, -0.05) is 12.1 Å². The molecular formula is C23H18F2N4O. The van der Waals surface area contributed by atoms with E-state index in [1.54, 1.807) is 24.0 Å². The van der Waals surface area contributed by atoms with Gasteiger partial charge in [0.1, 0.15) is 11.6 Å². The summed E-state index contributed by atoms with van der Waals surface area (Å²) in [7, 11) is 1.80. The molecule has 1 aliphatic heterocycles. The maximum atomic E-state index is 15.0.